The van der Waals surface area contributed by atoms with Crippen molar-refractivity contribution in [3.05, 3.63) is 53.4 Å². The molecule has 1 saturated heterocycles. The molecule has 2 heterocycles. The van der Waals surface area contributed by atoms with Crippen molar-refractivity contribution in [1.29, 1.82) is 0 Å². The fourth-order valence-electron chi connectivity index (χ4n) is 3.07. The van der Waals surface area contributed by atoms with Gasteiger partial charge in [-0.3, -0.25) is 9.71 Å². The molecule has 5 nitrogen and oxygen atoms in total. The Balaban J connectivity index is 1.56. The molecule has 1 fully saturated rings. The number of thiophene rings is 1. The van der Waals surface area contributed by atoms with Crippen molar-refractivity contribution in [2.75, 3.05) is 19.3 Å². The van der Waals surface area contributed by atoms with Crippen LogP contribution >= 0.6 is 23.1 Å². The summed E-state index contributed by atoms with van der Waals surface area (Å²) >= 11 is 2.56. The van der Waals surface area contributed by atoms with E-state index in [2.05, 4.69) is 34.0 Å². The quantitative estimate of drug-likeness (QED) is 0.585. The third kappa shape index (κ3) is 5.33. The molecule has 0 unspecified atom stereocenters. The fraction of sp³-hybridized carbons (Fsp3) is 0.389. The van der Waals surface area contributed by atoms with Crippen molar-refractivity contribution in [3.63, 3.8) is 0 Å². The molecule has 0 amide bonds. The summed E-state index contributed by atoms with van der Waals surface area (Å²) in [6.07, 6.45) is 3.81. The van der Waals surface area contributed by atoms with Gasteiger partial charge in [0.2, 0.25) is 0 Å². The molecule has 140 valence electrons. The highest BCUT2D eigenvalue weighted by Crippen LogP contribution is 2.17. The Kier molecular flexibility index (Phi) is 6.74. The van der Waals surface area contributed by atoms with Crippen LogP contribution in [-0.2, 0) is 16.6 Å². The zero-order chi connectivity index (χ0) is 18.4. The van der Waals surface area contributed by atoms with E-state index in [1.807, 2.05) is 12.3 Å². The Labute approximate surface area is 163 Å². The number of hydrogen-bond donors (Lipinski definition) is 2. The van der Waals surface area contributed by atoms with Gasteiger partial charge in [0.1, 0.15) is 10.8 Å². The van der Waals surface area contributed by atoms with Gasteiger partial charge in [0, 0.05) is 18.4 Å². The molecule has 0 aliphatic carbocycles. The van der Waals surface area contributed by atoms with E-state index in [0.29, 0.717) is 9.38 Å². The van der Waals surface area contributed by atoms with Gasteiger partial charge in [-0.25, -0.2) is 8.42 Å². The van der Waals surface area contributed by atoms with E-state index in [1.165, 1.54) is 28.7 Å². The highest BCUT2D eigenvalue weighted by Gasteiger charge is 2.23. The van der Waals surface area contributed by atoms with E-state index in [0.717, 1.165) is 32.5 Å². The number of hydrogen-bond acceptors (Lipinski definition) is 5. The molecule has 0 radical (unpaired) electrons. The Hall–Kier alpha value is -1.35. The SMILES string of the molecule is CSC(=NC1CC[NH+](Cc2ccccc2)CC1)NS(=O)(=O)c1cccs1. The number of nitrogens with zero attached hydrogens (tertiary/aromatic N) is 1. The van der Waals surface area contributed by atoms with Gasteiger partial charge in [-0.15, -0.1) is 11.3 Å². The molecule has 26 heavy (non-hydrogen) atoms. The summed E-state index contributed by atoms with van der Waals surface area (Å²) < 4.78 is 27.7. The number of rotatable bonds is 5. The average molecular weight is 411 g/mol. The first-order valence-corrected chi connectivity index (χ1v) is 12.2. The maximum Gasteiger partial charge on any atom is 0.272 e. The molecule has 1 aliphatic heterocycles. The van der Waals surface area contributed by atoms with Crippen LogP contribution in [0.3, 0.4) is 0 Å². The maximum absolute atomic E-state index is 12.4. The van der Waals surface area contributed by atoms with Gasteiger partial charge >= 0.3 is 0 Å². The van der Waals surface area contributed by atoms with Crippen LogP contribution in [0, 0.1) is 0 Å². The van der Waals surface area contributed by atoms with E-state index in [-0.39, 0.29) is 6.04 Å². The molecule has 2 aromatic rings. The molecule has 8 heteroatoms. The standard InChI is InChI=1S/C18H23N3O2S3/c1-24-18(20-26(22,23)17-8-5-13-25-17)19-16-9-11-21(12-10-16)14-15-6-3-2-4-7-15/h2-8,13,16H,9-12,14H2,1H3,(H,19,20)/p+1. The number of benzene rings is 1. The van der Waals surface area contributed by atoms with E-state index < -0.39 is 10.0 Å². The largest absolute Gasteiger partial charge is 0.331 e. The minimum atomic E-state index is -3.52. The second kappa shape index (κ2) is 9.03. The molecule has 0 saturated carbocycles. The van der Waals surface area contributed by atoms with Gasteiger partial charge in [-0.05, 0) is 17.7 Å². The summed E-state index contributed by atoms with van der Waals surface area (Å²) in [7, 11) is -3.52. The lowest BCUT2D eigenvalue weighted by molar-refractivity contribution is -0.918. The smallest absolute Gasteiger partial charge is 0.272 e. The number of amidine groups is 1. The van der Waals surface area contributed by atoms with Crippen LogP contribution in [0.2, 0.25) is 0 Å². The van der Waals surface area contributed by atoms with Gasteiger partial charge in [0.05, 0.1) is 19.1 Å². The zero-order valence-electron chi connectivity index (χ0n) is 14.7. The minimum Gasteiger partial charge on any atom is -0.331 e. The Morgan fingerprint density at radius 1 is 1.23 bits per heavy atom. The van der Waals surface area contributed by atoms with E-state index >= 15 is 0 Å². The zero-order valence-corrected chi connectivity index (χ0v) is 17.2. The number of piperidine rings is 1. The number of thioether (sulfide) groups is 1. The normalized spacial score (nSPS) is 21.5. The first kappa shape index (κ1) is 19.4. The minimum absolute atomic E-state index is 0.183. The topological polar surface area (TPSA) is 63.0 Å². The Bertz CT molecular complexity index is 813. The third-order valence-corrected chi connectivity index (χ3v) is 7.89. The van der Waals surface area contributed by atoms with Crippen molar-refractivity contribution in [2.24, 2.45) is 4.99 Å². The van der Waals surface area contributed by atoms with Gasteiger partial charge in [0.15, 0.2) is 5.17 Å². The van der Waals surface area contributed by atoms with Crippen LogP contribution in [0.25, 0.3) is 0 Å². The molecule has 3 rings (SSSR count). The van der Waals surface area contributed by atoms with Crippen molar-refractivity contribution in [1.82, 2.24) is 4.72 Å². The van der Waals surface area contributed by atoms with Crippen LogP contribution < -0.4 is 9.62 Å². The predicted octanol–water partition coefficient (Wildman–Crippen LogP) is 1.99. The summed E-state index contributed by atoms with van der Waals surface area (Å²) in [6, 6.07) is 14.1. The summed E-state index contributed by atoms with van der Waals surface area (Å²) in [5.74, 6) is 0. The average Bonchev–Trinajstić information content (AvgIpc) is 3.19. The summed E-state index contributed by atoms with van der Waals surface area (Å²) in [4.78, 5) is 6.23. The number of nitrogens with one attached hydrogen (secondary N) is 2. The number of sulfonamides is 1. The van der Waals surface area contributed by atoms with Crippen LogP contribution in [0.15, 0.2) is 57.0 Å². The maximum atomic E-state index is 12.4. The summed E-state index contributed by atoms with van der Waals surface area (Å²) in [5, 5.41) is 2.24. The molecule has 1 aromatic heterocycles. The van der Waals surface area contributed by atoms with Crippen molar-refractivity contribution < 1.29 is 13.3 Å². The molecule has 0 spiro atoms. The lowest BCUT2D eigenvalue weighted by Gasteiger charge is -2.27. The van der Waals surface area contributed by atoms with Crippen LogP contribution in [0.4, 0.5) is 0 Å². The highest BCUT2D eigenvalue weighted by atomic mass is 32.2. The lowest BCUT2D eigenvalue weighted by atomic mass is 10.1. The summed E-state index contributed by atoms with van der Waals surface area (Å²) in [6.45, 7) is 3.16. The van der Waals surface area contributed by atoms with Crippen LogP contribution in [0.1, 0.15) is 18.4 Å². The summed E-state index contributed by atoms with van der Waals surface area (Å²) in [5.41, 5.74) is 1.36. The molecule has 0 atom stereocenters. The highest BCUT2D eigenvalue weighted by molar-refractivity contribution is 8.14. The number of aliphatic imine (C=N–C) groups is 1. The van der Waals surface area contributed by atoms with Gasteiger partial charge in [-0.2, -0.15) is 0 Å². The molecular formula is C18H24N3O2S3+. The fourth-order valence-corrected chi connectivity index (χ4v) is 5.87. The van der Waals surface area contributed by atoms with E-state index in [9.17, 15) is 8.42 Å². The van der Waals surface area contributed by atoms with E-state index in [4.69, 9.17) is 0 Å². The third-order valence-electron chi connectivity index (χ3n) is 4.43. The van der Waals surface area contributed by atoms with Crippen molar-refractivity contribution >= 4 is 38.3 Å². The molecule has 2 N–H and O–H groups in total. The predicted molar refractivity (Wildman–Crippen MR) is 109 cm³/mol. The first-order chi connectivity index (χ1) is 12.6. The molecule has 1 aliphatic rings. The monoisotopic (exact) mass is 410 g/mol. The number of likely N-dealkylation sites (tertiary alicyclic amines) is 1. The first-order valence-electron chi connectivity index (χ1n) is 8.62. The number of quaternary nitrogens is 1. The van der Waals surface area contributed by atoms with Gasteiger partial charge in [0.25, 0.3) is 10.0 Å². The van der Waals surface area contributed by atoms with Crippen molar-refractivity contribution in [2.45, 2.75) is 29.6 Å². The second-order valence-corrected chi connectivity index (χ2v) is 9.97. The van der Waals surface area contributed by atoms with Crippen LogP contribution in [-0.4, -0.2) is 39.0 Å². The van der Waals surface area contributed by atoms with Crippen LogP contribution in [0.5, 0.6) is 0 Å². The van der Waals surface area contributed by atoms with E-state index in [1.54, 1.807) is 22.4 Å². The lowest BCUT2D eigenvalue weighted by Crippen LogP contribution is -3.12. The van der Waals surface area contributed by atoms with Gasteiger partial charge in [-0.1, -0.05) is 48.2 Å². The Morgan fingerprint density at radius 2 is 1.96 bits per heavy atom. The van der Waals surface area contributed by atoms with Gasteiger partial charge < -0.3 is 4.90 Å². The molecule has 1 aromatic carbocycles. The van der Waals surface area contributed by atoms with Crippen molar-refractivity contribution in [3.8, 4) is 0 Å². The second-order valence-electron chi connectivity index (χ2n) is 6.32. The Morgan fingerprint density at radius 3 is 2.58 bits per heavy atom. The molecule has 0 bridgehead atoms. The molecular weight excluding hydrogens is 386 g/mol.